The molecule has 0 bridgehead atoms. The molecule has 27 heavy (non-hydrogen) atoms. The Morgan fingerprint density at radius 3 is 2.67 bits per heavy atom. The van der Waals surface area contributed by atoms with Gasteiger partial charge in [-0.1, -0.05) is 11.8 Å². The second-order valence-corrected chi connectivity index (χ2v) is 6.32. The zero-order valence-corrected chi connectivity index (χ0v) is 15.5. The molecule has 0 aliphatic carbocycles. The highest BCUT2D eigenvalue weighted by Crippen LogP contribution is 2.29. The molecule has 0 atom stereocenters. The molecule has 9 heteroatoms. The van der Waals surface area contributed by atoms with Gasteiger partial charge in [-0.15, -0.1) is 5.10 Å². The number of hydrogen-bond acceptors (Lipinski definition) is 6. The number of halogens is 1. The van der Waals surface area contributed by atoms with E-state index in [0.29, 0.717) is 33.7 Å². The van der Waals surface area contributed by atoms with Gasteiger partial charge in [0.1, 0.15) is 17.3 Å². The molecule has 0 aliphatic heterocycles. The lowest BCUT2D eigenvalue weighted by molar-refractivity contribution is -0.113. The summed E-state index contributed by atoms with van der Waals surface area (Å²) < 4.78 is 23.4. The van der Waals surface area contributed by atoms with Crippen molar-refractivity contribution in [1.82, 2.24) is 15.2 Å². The van der Waals surface area contributed by atoms with Crippen LogP contribution in [0.25, 0.3) is 11.4 Å². The van der Waals surface area contributed by atoms with Crippen LogP contribution in [0.4, 0.5) is 10.1 Å². The third kappa shape index (κ3) is 4.76. The Balaban J connectivity index is 1.59. The summed E-state index contributed by atoms with van der Waals surface area (Å²) in [5.41, 5.74) is 1.26. The van der Waals surface area contributed by atoms with Crippen molar-refractivity contribution in [2.24, 2.45) is 0 Å². The normalized spacial score (nSPS) is 10.5. The second-order valence-electron chi connectivity index (χ2n) is 5.38. The lowest BCUT2D eigenvalue weighted by Crippen LogP contribution is -2.14. The summed E-state index contributed by atoms with van der Waals surface area (Å²) in [6.45, 7) is 0. The van der Waals surface area contributed by atoms with Crippen LogP contribution in [-0.2, 0) is 4.79 Å². The monoisotopic (exact) mass is 388 g/mol. The van der Waals surface area contributed by atoms with Gasteiger partial charge in [0.15, 0.2) is 5.82 Å². The number of rotatable bonds is 7. The number of methoxy groups -OCH3 is 2. The van der Waals surface area contributed by atoms with Gasteiger partial charge in [0.2, 0.25) is 11.1 Å². The van der Waals surface area contributed by atoms with Crippen LogP contribution in [0.1, 0.15) is 0 Å². The number of ether oxygens (including phenoxy) is 2. The van der Waals surface area contributed by atoms with E-state index in [4.69, 9.17) is 9.47 Å². The topological polar surface area (TPSA) is 89.1 Å². The van der Waals surface area contributed by atoms with Gasteiger partial charge in [-0.05, 0) is 36.4 Å². The molecule has 3 rings (SSSR count). The summed E-state index contributed by atoms with van der Waals surface area (Å²) in [6, 6.07) is 11.0. The molecule has 2 N–H and O–H groups in total. The van der Waals surface area contributed by atoms with Crippen molar-refractivity contribution in [2.45, 2.75) is 5.16 Å². The SMILES string of the molecule is COc1ccc(NC(=O)CSc2n[nH]c(-c3ccc(F)cc3)n2)c(OC)c1. The first kappa shape index (κ1) is 18.7. The summed E-state index contributed by atoms with van der Waals surface area (Å²) in [5, 5.41) is 10.0. The minimum absolute atomic E-state index is 0.121. The van der Waals surface area contributed by atoms with Crippen molar-refractivity contribution in [2.75, 3.05) is 25.3 Å². The van der Waals surface area contributed by atoms with Gasteiger partial charge in [-0.3, -0.25) is 9.89 Å². The second kappa shape index (κ2) is 8.54. The molecule has 7 nitrogen and oxygen atoms in total. The number of nitrogens with one attached hydrogen (secondary N) is 2. The van der Waals surface area contributed by atoms with E-state index in [1.54, 1.807) is 37.4 Å². The van der Waals surface area contributed by atoms with Crippen molar-refractivity contribution < 1.29 is 18.7 Å². The van der Waals surface area contributed by atoms with Crippen molar-refractivity contribution >= 4 is 23.4 Å². The minimum Gasteiger partial charge on any atom is -0.497 e. The van der Waals surface area contributed by atoms with Crippen LogP contribution in [0.3, 0.4) is 0 Å². The summed E-state index contributed by atoms with van der Waals surface area (Å²) in [6.07, 6.45) is 0. The number of amides is 1. The lowest BCUT2D eigenvalue weighted by Gasteiger charge is -2.11. The van der Waals surface area contributed by atoms with E-state index in [1.165, 1.54) is 31.0 Å². The van der Waals surface area contributed by atoms with E-state index < -0.39 is 0 Å². The number of H-pyrrole nitrogens is 1. The van der Waals surface area contributed by atoms with E-state index in [0.717, 1.165) is 0 Å². The Hall–Kier alpha value is -3.07. The van der Waals surface area contributed by atoms with Gasteiger partial charge in [0.05, 0.1) is 25.7 Å². The fraction of sp³-hybridized carbons (Fsp3) is 0.167. The van der Waals surface area contributed by atoms with Gasteiger partial charge in [0, 0.05) is 11.6 Å². The molecule has 0 fully saturated rings. The van der Waals surface area contributed by atoms with Crippen LogP contribution in [0.5, 0.6) is 11.5 Å². The van der Waals surface area contributed by atoms with Gasteiger partial charge in [0.25, 0.3) is 0 Å². The smallest absolute Gasteiger partial charge is 0.234 e. The fourth-order valence-electron chi connectivity index (χ4n) is 2.27. The zero-order chi connectivity index (χ0) is 19.2. The van der Waals surface area contributed by atoms with Crippen molar-refractivity contribution in [3.63, 3.8) is 0 Å². The Labute approximate surface area is 159 Å². The van der Waals surface area contributed by atoms with Gasteiger partial charge in [-0.2, -0.15) is 0 Å². The molecule has 3 aromatic rings. The van der Waals surface area contributed by atoms with Crippen LogP contribution in [0.15, 0.2) is 47.6 Å². The van der Waals surface area contributed by atoms with Crippen molar-refractivity contribution in [3.8, 4) is 22.9 Å². The highest BCUT2D eigenvalue weighted by atomic mass is 32.2. The molecule has 0 aliphatic rings. The number of anilines is 1. The Morgan fingerprint density at radius 1 is 1.19 bits per heavy atom. The predicted molar refractivity (Wildman–Crippen MR) is 101 cm³/mol. The average molecular weight is 388 g/mol. The number of nitrogens with zero attached hydrogens (tertiary/aromatic N) is 2. The van der Waals surface area contributed by atoms with Crippen LogP contribution in [0.2, 0.25) is 0 Å². The molecule has 1 heterocycles. The molecule has 1 aromatic heterocycles. The van der Waals surface area contributed by atoms with E-state index in [-0.39, 0.29) is 17.5 Å². The predicted octanol–water partition coefficient (Wildman–Crippen LogP) is 3.36. The van der Waals surface area contributed by atoms with Gasteiger partial charge < -0.3 is 14.8 Å². The highest BCUT2D eigenvalue weighted by Gasteiger charge is 2.12. The standard InChI is InChI=1S/C18H17FN4O3S/c1-25-13-7-8-14(15(9-13)26-2)20-16(24)10-27-18-21-17(22-23-18)11-3-5-12(19)6-4-11/h3-9H,10H2,1-2H3,(H,20,24)(H,21,22,23). The minimum atomic E-state index is -0.321. The summed E-state index contributed by atoms with van der Waals surface area (Å²) >= 11 is 1.18. The van der Waals surface area contributed by atoms with Crippen molar-refractivity contribution in [3.05, 3.63) is 48.3 Å². The van der Waals surface area contributed by atoms with Crippen LogP contribution in [0, 0.1) is 5.82 Å². The van der Waals surface area contributed by atoms with Gasteiger partial charge >= 0.3 is 0 Å². The average Bonchev–Trinajstić information content (AvgIpc) is 3.16. The zero-order valence-electron chi connectivity index (χ0n) is 14.7. The number of aromatic nitrogens is 3. The number of hydrogen-bond donors (Lipinski definition) is 2. The maximum absolute atomic E-state index is 13.0. The molecule has 1 amide bonds. The van der Waals surface area contributed by atoms with E-state index in [1.807, 2.05) is 0 Å². The molecule has 2 aromatic carbocycles. The molecule has 0 radical (unpaired) electrons. The quantitative estimate of drug-likeness (QED) is 0.604. The number of aromatic amines is 1. The molecular weight excluding hydrogens is 371 g/mol. The number of carbonyl (C=O) groups is 1. The Kier molecular flexibility index (Phi) is 5.92. The fourth-order valence-corrected chi connectivity index (χ4v) is 2.86. The molecule has 0 unspecified atom stereocenters. The third-order valence-corrected chi connectivity index (χ3v) is 4.44. The molecular formula is C18H17FN4O3S. The van der Waals surface area contributed by atoms with Crippen LogP contribution < -0.4 is 14.8 Å². The van der Waals surface area contributed by atoms with Crippen LogP contribution in [-0.4, -0.2) is 41.1 Å². The Morgan fingerprint density at radius 2 is 1.96 bits per heavy atom. The Bertz CT molecular complexity index is 931. The molecule has 0 saturated carbocycles. The van der Waals surface area contributed by atoms with E-state index in [9.17, 15) is 9.18 Å². The lowest BCUT2D eigenvalue weighted by atomic mass is 10.2. The first-order chi connectivity index (χ1) is 13.1. The molecule has 0 spiro atoms. The third-order valence-electron chi connectivity index (χ3n) is 3.60. The van der Waals surface area contributed by atoms with E-state index in [2.05, 4.69) is 20.5 Å². The van der Waals surface area contributed by atoms with Gasteiger partial charge in [-0.25, -0.2) is 9.37 Å². The van der Waals surface area contributed by atoms with E-state index >= 15 is 0 Å². The summed E-state index contributed by atoms with van der Waals surface area (Å²) in [5.74, 6) is 1.22. The summed E-state index contributed by atoms with van der Waals surface area (Å²) in [4.78, 5) is 16.5. The largest absolute Gasteiger partial charge is 0.497 e. The number of carbonyl (C=O) groups excluding carboxylic acids is 1. The first-order valence-electron chi connectivity index (χ1n) is 7.92. The highest BCUT2D eigenvalue weighted by molar-refractivity contribution is 7.99. The van der Waals surface area contributed by atoms with Crippen molar-refractivity contribution in [1.29, 1.82) is 0 Å². The number of thioether (sulfide) groups is 1. The van der Waals surface area contributed by atoms with Crippen LogP contribution >= 0.6 is 11.8 Å². The summed E-state index contributed by atoms with van der Waals surface area (Å²) in [7, 11) is 3.07. The molecule has 0 saturated heterocycles. The first-order valence-corrected chi connectivity index (χ1v) is 8.90. The molecule has 140 valence electrons. The maximum atomic E-state index is 13.0. The maximum Gasteiger partial charge on any atom is 0.234 e. The number of benzene rings is 2.